The van der Waals surface area contributed by atoms with Gasteiger partial charge in [-0.15, -0.1) is 11.3 Å². The summed E-state index contributed by atoms with van der Waals surface area (Å²) < 4.78 is 39.3. The summed E-state index contributed by atoms with van der Waals surface area (Å²) in [6.07, 6.45) is -1.76. The largest absolute Gasteiger partial charge is 0.478 e. The number of thiazole rings is 1. The maximum atomic E-state index is 13.1. The number of hydrogen-bond donors (Lipinski definition) is 3. The summed E-state index contributed by atoms with van der Waals surface area (Å²) in [6.45, 7) is 1.85. The molecule has 0 fully saturated rings. The first-order chi connectivity index (χ1) is 19.5. The van der Waals surface area contributed by atoms with Crippen molar-refractivity contribution in [2.75, 3.05) is 5.32 Å². The number of benzene rings is 3. The number of carbonyl (C=O) groups is 1. The van der Waals surface area contributed by atoms with Gasteiger partial charge in [0.25, 0.3) is 0 Å². The molecule has 0 aliphatic heterocycles. The Balaban J connectivity index is 1.48. The monoisotopic (exact) mass is 576 g/mol. The predicted octanol–water partition coefficient (Wildman–Crippen LogP) is 6.85. The third kappa shape index (κ3) is 6.26. The number of aliphatic hydroxyl groups is 1. The van der Waals surface area contributed by atoms with Crippen LogP contribution in [0.1, 0.15) is 37.7 Å². The second kappa shape index (κ2) is 11.1. The maximum Gasteiger partial charge on any atom is 0.433 e. The lowest BCUT2D eigenvalue weighted by Gasteiger charge is -2.27. The SMILES string of the molecule is Cc1cc(Nc2nccc(C(F)(F)F)n2)cc(-c2cnc(C(O)(Cc3ccc(C(=O)O)cc3)c3ccccc3)s2)c1. The lowest BCUT2D eigenvalue weighted by Crippen LogP contribution is -2.30. The van der Waals surface area contributed by atoms with Gasteiger partial charge in [0.1, 0.15) is 16.3 Å². The smallest absolute Gasteiger partial charge is 0.433 e. The van der Waals surface area contributed by atoms with E-state index < -0.39 is 23.4 Å². The molecule has 1 atom stereocenters. The third-order valence-electron chi connectivity index (χ3n) is 6.34. The Morgan fingerprint density at radius 2 is 1.71 bits per heavy atom. The fourth-order valence-corrected chi connectivity index (χ4v) is 5.39. The molecule has 0 saturated heterocycles. The number of nitrogens with one attached hydrogen (secondary N) is 1. The van der Waals surface area contributed by atoms with Gasteiger partial charge in [0.2, 0.25) is 5.95 Å². The van der Waals surface area contributed by atoms with E-state index in [4.69, 9.17) is 0 Å². The molecule has 0 aliphatic rings. The zero-order valence-electron chi connectivity index (χ0n) is 21.6. The molecule has 11 heteroatoms. The molecule has 208 valence electrons. The summed E-state index contributed by atoms with van der Waals surface area (Å²) in [5.74, 6) is -1.22. The van der Waals surface area contributed by atoms with Crippen LogP contribution in [0.15, 0.2) is 91.3 Å². The van der Waals surface area contributed by atoms with E-state index >= 15 is 0 Å². The highest BCUT2D eigenvalue weighted by atomic mass is 32.1. The van der Waals surface area contributed by atoms with E-state index in [1.54, 1.807) is 42.6 Å². The molecule has 0 bridgehead atoms. The van der Waals surface area contributed by atoms with Crippen LogP contribution in [-0.2, 0) is 18.2 Å². The van der Waals surface area contributed by atoms with Crippen LogP contribution in [0.3, 0.4) is 0 Å². The summed E-state index contributed by atoms with van der Waals surface area (Å²) in [5.41, 5.74) is 1.00. The van der Waals surface area contributed by atoms with Gasteiger partial charge in [-0.1, -0.05) is 48.5 Å². The molecule has 0 saturated carbocycles. The number of aryl methyl sites for hydroxylation is 1. The van der Waals surface area contributed by atoms with Crippen LogP contribution in [0.25, 0.3) is 10.4 Å². The number of nitrogens with zero attached hydrogens (tertiary/aromatic N) is 3. The average molecular weight is 577 g/mol. The minimum Gasteiger partial charge on any atom is -0.478 e. The zero-order chi connectivity index (χ0) is 29.2. The van der Waals surface area contributed by atoms with Gasteiger partial charge in [-0.2, -0.15) is 13.2 Å². The molecule has 0 radical (unpaired) electrons. The van der Waals surface area contributed by atoms with Crippen molar-refractivity contribution in [3.8, 4) is 10.4 Å². The van der Waals surface area contributed by atoms with Crippen LogP contribution in [-0.4, -0.2) is 31.1 Å². The second-order valence-electron chi connectivity index (χ2n) is 9.41. The fourth-order valence-electron chi connectivity index (χ4n) is 4.38. The third-order valence-corrected chi connectivity index (χ3v) is 7.53. The van der Waals surface area contributed by atoms with Gasteiger partial charge in [0.05, 0.1) is 10.4 Å². The number of carboxylic acid groups (broad SMARTS) is 1. The molecule has 0 amide bonds. The summed E-state index contributed by atoms with van der Waals surface area (Å²) in [7, 11) is 0. The topological polar surface area (TPSA) is 108 Å². The molecule has 3 N–H and O–H groups in total. The number of carboxylic acids is 1. The fraction of sp³-hybridized carbons (Fsp3) is 0.133. The van der Waals surface area contributed by atoms with E-state index in [1.165, 1.54) is 23.5 Å². The molecule has 0 spiro atoms. The van der Waals surface area contributed by atoms with Crippen molar-refractivity contribution in [1.29, 1.82) is 0 Å². The molecule has 2 aromatic heterocycles. The van der Waals surface area contributed by atoms with E-state index in [9.17, 15) is 28.2 Å². The van der Waals surface area contributed by atoms with Crippen molar-refractivity contribution in [3.05, 3.63) is 124 Å². The molecule has 7 nitrogen and oxygen atoms in total. The standard InChI is InChI=1S/C30H23F3N4O3S/c1-18-13-21(15-23(14-18)36-28-34-12-11-25(37-28)30(31,32)33)24-17-35-27(41-24)29(40,22-5-3-2-4-6-22)16-19-7-9-20(10-8-19)26(38)39/h2-15,17,40H,16H2,1H3,(H,38,39)(H,34,36,37). The predicted molar refractivity (Wildman–Crippen MR) is 149 cm³/mol. The first kappa shape index (κ1) is 27.9. The molecule has 1 unspecified atom stereocenters. The van der Waals surface area contributed by atoms with E-state index in [2.05, 4.69) is 20.3 Å². The number of halogens is 3. The summed E-state index contributed by atoms with van der Waals surface area (Å²) in [4.78, 5) is 24.0. The Bertz CT molecular complexity index is 1690. The van der Waals surface area contributed by atoms with Crippen LogP contribution >= 0.6 is 11.3 Å². The van der Waals surface area contributed by atoms with Gasteiger partial charge in [-0.25, -0.2) is 19.7 Å². The normalized spacial score (nSPS) is 13.0. The van der Waals surface area contributed by atoms with Crippen LogP contribution < -0.4 is 5.32 Å². The van der Waals surface area contributed by atoms with Crippen molar-refractivity contribution in [2.24, 2.45) is 0 Å². The van der Waals surface area contributed by atoms with Gasteiger partial charge in [0, 0.05) is 24.5 Å². The highest BCUT2D eigenvalue weighted by molar-refractivity contribution is 7.15. The van der Waals surface area contributed by atoms with Crippen LogP contribution in [0, 0.1) is 6.92 Å². The number of anilines is 2. The number of aromatic carboxylic acids is 1. The summed E-state index contributed by atoms with van der Waals surface area (Å²) in [5, 5.41) is 24.6. The van der Waals surface area contributed by atoms with E-state index in [1.807, 2.05) is 31.2 Å². The van der Waals surface area contributed by atoms with Gasteiger partial charge in [0.15, 0.2) is 0 Å². The van der Waals surface area contributed by atoms with Crippen molar-refractivity contribution in [3.63, 3.8) is 0 Å². The molecule has 5 aromatic rings. The Hall–Kier alpha value is -4.61. The van der Waals surface area contributed by atoms with Crippen molar-refractivity contribution < 1.29 is 28.2 Å². The number of aromatic nitrogens is 3. The van der Waals surface area contributed by atoms with Crippen LogP contribution in [0.2, 0.25) is 0 Å². The van der Waals surface area contributed by atoms with Gasteiger partial charge in [-0.05, 0) is 59.5 Å². The number of hydrogen-bond acceptors (Lipinski definition) is 7. The lowest BCUT2D eigenvalue weighted by molar-refractivity contribution is -0.141. The Morgan fingerprint density at radius 3 is 2.39 bits per heavy atom. The van der Waals surface area contributed by atoms with E-state index in [-0.39, 0.29) is 17.9 Å². The molecule has 0 aliphatic carbocycles. The van der Waals surface area contributed by atoms with E-state index in [0.717, 1.165) is 33.8 Å². The first-order valence-corrected chi connectivity index (χ1v) is 13.2. The van der Waals surface area contributed by atoms with Crippen molar-refractivity contribution in [1.82, 2.24) is 15.0 Å². The molecular formula is C30H23F3N4O3S. The molecule has 41 heavy (non-hydrogen) atoms. The number of rotatable bonds is 8. The highest BCUT2D eigenvalue weighted by Crippen LogP contribution is 2.39. The minimum absolute atomic E-state index is 0.146. The first-order valence-electron chi connectivity index (χ1n) is 12.4. The maximum absolute atomic E-state index is 13.1. The molecule has 5 rings (SSSR count). The van der Waals surface area contributed by atoms with Crippen LogP contribution in [0.5, 0.6) is 0 Å². The van der Waals surface area contributed by atoms with Gasteiger partial charge in [-0.3, -0.25) is 0 Å². The summed E-state index contributed by atoms with van der Waals surface area (Å²) in [6, 6.07) is 21.6. The van der Waals surface area contributed by atoms with Crippen LogP contribution in [0.4, 0.5) is 24.8 Å². The Labute approximate surface area is 237 Å². The van der Waals surface area contributed by atoms with Crippen molar-refractivity contribution in [2.45, 2.75) is 25.1 Å². The Morgan fingerprint density at radius 1 is 0.976 bits per heavy atom. The molecular weight excluding hydrogens is 553 g/mol. The minimum atomic E-state index is -4.59. The highest BCUT2D eigenvalue weighted by Gasteiger charge is 2.35. The summed E-state index contributed by atoms with van der Waals surface area (Å²) >= 11 is 1.28. The average Bonchev–Trinajstić information content (AvgIpc) is 3.45. The second-order valence-corrected chi connectivity index (χ2v) is 10.4. The molecule has 2 heterocycles. The Kier molecular flexibility index (Phi) is 7.57. The van der Waals surface area contributed by atoms with Crippen molar-refractivity contribution >= 4 is 28.9 Å². The number of alkyl halides is 3. The molecule has 3 aromatic carbocycles. The zero-order valence-corrected chi connectivity index (χ0v) is 22.4. The van der Waals surface area contributed by atoms with E-state index in [0.29, 0.717) is 16.3 Å². The van der Waals surface area contributed by atoms with Gasteiger partial charge < -0.3 is 15.5 Å². The van der Waals surface area contributed by atoms with Gasteiger partial charge >= 0.3 is 12.1 Å². The lowest BCUT2D eigenvalue weighted by atomic mass is 9.87. The quantitative estimate of drug-likeness (QED) is 0.185.